The number of rotatable bonds is 3. The van der Waals surface area contributed by atoms with E-state index in [1.54, 1.807) is 4.90 Å². The van der Waals surface area contributed by atoms with Crippen molar-refractivity contribution in [3.8, 4) is 0 Å². The van der Waals surface area contributed by atoms with E-state index < -0.39 is 5.60 Å². The lowest BCUT2D eigenvalue weighted by atomic mass is 10.1. The van der Waals surface area contributed by atoms with Crippen molar-refractivity contribution in [1.82, 2.24) is 15.4 Å². The van der Waals surface area contributed by atoms with Gasteiger partial charge in [0.1, 0.15) is 11.4 Å². The first kappa shape index (κ1) is 14.8. The molecular weight excluding hydrogens is 258 g/mol. The number of nitrogens with zero attached hydrogens (tertiary/aromatic N) is 2. The van der Waals surface area contributed by atoms with E-state index in [2.05, 4.69) is 10.5 Å². The van der Waals surface area contributed by atoms with Gasteiger partial charge in [-0.05, 0) is 34.6 Å². The summed E-state index contributed by atoms with van der Waals surface area (Å²) in [5.41, 5.74) is 1.57. The summed E-state index contributed by atoms with van der Waals surface area (Å²) in [5, 5.41) is 7.32. The molecule has 1 aliphatic rings. The number of nitrogens with one attached hydrogen (secondary N) is 1. The lowest BCUT2D eigenvalue weighted by molar-refractivity contribution is 0.00516. The zero-order chi connectivity index (χ0) is 14.9. The standard InChI is InChI=1S/C14H23N3O3/c1-9-12(10(2)20-16-9)6-15-11-7-17(8-11)13(18)19-14(3,4)5/h11,15H,6-8H2,1-5H3. The van der Waals surface area contributed by atoms with E-state index in [1.165, 1.54) is 0 Å². The molecule has 0 spiro atoms. The van der Waals surface area contributed by atoms with Crippen LogP contribution in [0.4, 0.5) is 4.79 Å². The highest BCUT2D eigenvalue weighted by atomic mass is 16.6. The molecule has 0 aromatic carbocycles. The Kier molecular flexibility index (Phi) is 4.04. The third kappa shape index (κ3) is 3.50. The van der Waals surface area contributed by atoms with E-state index in [0.29, 0.717) is 25.7 Å². The Morgan fingerprint density at radius 1 is 1.45 bits per heavy atom. The molecule has 0 saturated carbocycles. The maximum Gasteiger partial charge on any atom is 0.410 e. The molecule has 6 heteroatoms. The van der Waals surface area contributed by atoms with Crippen LogP contribution in [0.1, 0.15) is 37.8 Å². The van der Waals surface area contributed by atoms with Crippen molar-refractivity contribution < 1.29 is 14.1 Å². The lowest BCUT2D eigenvalue weighted by Crippen LogP contribution is -2.60. The molecule has 1 fully saturated rings. The minimum absolute atomic E-state index is 0.243. The molecule has 1 saturated heterocycles. The summed E-state index contributed by atoms with van der Waals surface area (Å²) in [4.78, 5) is 13.5. The molecule has 1 aliphatic heterocycles. The molecule has 2 heterocycles. The fourth-order valence-corrected chi connectivity index (χ4v) is 2.08. The van der Waals surface area contributed by atoms with Crippen LogP contribution in [-0.2, 0) is 11.3 Å². The highest BCUT2D eigenvalue weighted by Gasteiger charge is 2.33. The smallest absolute Gasteiger partial charge is 0.410 e. The lowest BCUT2D eigenvalue weighted by Gasteiger charge is -2.40. The molecule has 1 aromatic rings. The first-order chi connectivity index (χ1) is 9.26. The number of hydrogen-bond donors (Lipinski definition) is 1. The van der Waals surface area contributed by atoms with E-state index in [0.717, 1.165) is 17.0 Å². The molecule has 0 aliphatic carbocycles. The van der Waals surface area contributed by atoms with Gasteiger partial charge in [-0.3, -0.25) is 0 Å². The first-order valence-electron chi connectivity index (χ1n) is 6.89. The second-order valence-corrected chi connectivity index (χ2v) is 6.27. The molecule has 20 heavy (non-hydrogen) atoms. The zero-order valence-electron chi connectivity index (χ0n) is 12.8. The molecule has 1 amide bonds. The molecule has 6 nitrogen and oxygen atoms in total. The van der Waals surface area contributed by atoms with Crippen molar-refractivity contribution in [3.05, 3.63) is 17.0 Å². The minimum atomic E-state index is -0.438. The second-order valence-electron chi connectivity index (χ2n) is 6.27. The maximum atomic E-state index is 11.8. The van der Waals surface area contributed by atoms with Gasteiger partial charge in [0.05, 0.1) is 5.69 Å². The second kappa shape index (κ2) is 5.44. The summed E-state index contributed by atoms with van der Waals surface area (Å²) in [6.07, 6.45) is -0.243. The van der Waals surface area contributed by atoms with Crippen LogP contribution in [0.25, 0.3) is 0 Å². The third-order valence-electron chi connectivity index (χ3n) is 3.28. The third-order valence-corrected chi connectivity index (χ3v) is 3.28. The van der Waals surface area contributed by atoms with Gasteiger partial charge in [0, 0.05) is 31.2 Å². The molecule has 1 N–H and O–H groups in total. The average molecular weight is 281 g/mol. The Balaban J connectivity index is 1.73. The van der Waals surface area contributed by atoms with Crippen molar-refractivity contribution in [2.75, 3.05) is 13.1 Å². The fraction of sp³-hybridized carbons (Fsp3) is 0.714. The van der Waals surface area contributed by atoms with Gasteiger partial charge < -0.3 is 19.5 Å². The average Bonchev–Trinajstić information content (AvgIpc) is 2.55. The van der Waals surface area contributed by atoms with E-state index in [9.17, 15) is 4.79 Å². The summed E-state index contributed by atoms with van der Waals surface area (Å²) in [5.74, 6) is 0.846. The van der Waals surface area contributed by atoms with Crippen molar-refractivity contribution in [3.63, 3.8) is 0 Å². The van der Waals surface area contributed by atoms with Crippen LogP contribution in [0, 0.1) is 13.8 Å². The SMILES string of the molecule is Cc1noc(C)c1CNC1CN(C(=O)OC(C)(C)C)C1. The van der Waals surface area contributed by atoms with Crippen molar-refractivity contribution >= 4 is 6.09 Å². The van der Waals surface area contributed by atoms with Gasteiger partial charge in [-0.15, -0.1) is 0 Å². The number of likely N-dealkylation sites (tertiary alicyclic amines) is 1. The van der Waals surface area contributed by atoms with E-state index in [4.69, 9.17) is 9.26 Å². The van der Waals surface area contributed by atoms with Crippen LogP contribution < -0.4 is 5.32 Å². The molecule has 112 valence electrons. The van der Waals surface area contributed by atoms with Crippen LogP contribution in [-0.4, -0.2) is 40.9 Å². The molecule has 0 bridgehead atoms. The van der Waals surface area contributed by atoms with Gasteiger partial charge in [-0.1, -0.05) is 5.16 Å². The molecule has 1 aromatic heterocycles. The van der Waals surface area contributed by atoms with Crippen molar-refractivity contribution in [2.24, 2.45) is 0 Å². The summed E-state index contributed by atoms with van der Waals surface area (Å²) >= 11 is 0. The molecule has 0 unspecified atom stereocenters. The summed E-state index contributed by atoms with van der Waals surface area (Å²) in [7, 11) is 0. The molecule has 0 radical (unpaired) electrons. The van der Waals surface area contributed by atoms with Gasteiger partial charge in [0.2, 0.25) is 0 Å². The van der Waals surface area contributed by atoms with Crippen LogP contribution in [0.2, 0.25) is 0 Å². The monoisotopic (exact) mass is 281 g/mol. The van der Waals surface area contributed by atoms with Crippen LogP contribution >= 0.6 is 0 Å². The van der Waals surface area contributed by atoms with Crippen molar-refractivity contribution in [2.45, 2.75) is 52.8 Å². The van der Waals surface area contributed by atoms with Gasteiger partial charge in [0.15, 0.2) is 0 Å². The predicted molar refractivity (Wildman–Crippen MR) is 74.4 cm³/mol. The van der Waals surface area contributed by atoms with Gasteiger partial charge in [0.25, 0.3) is 0 Å². The highest BCUT2D eigenvalue weighted by Crippen LogP contribution is 2.17. The number of carbonyl (C=O) groups is 1. The highest BCUT2D eigenvalue weighted by molar-refractivity contribution is 5.69. The van der Waals surface area contributed by atoms with Gasteiger partial charge >= 0.3 is 6.09 Å². The van der Waals surface area contributed by atoms with Gasteiger partial charge in [-0.2, -0.15) is 0 Å². The fourth-order valence-electron chi connectivity index (χ4n) is 2.08. The summed E-state index contributed by atoms with van der Waals surface area (Å²) < 4.78 is 10.4. The number of ether oxygens (including phenoxy) is 1. The number of carbonyl (C=O) groups excluding carboxylic acids is 1. The Labute approximate surface area is 119 Å². The van der Waals surface area contributed by atoms with E-state index >= 15 is 0 Å². The largest absolute Gasteiger partial charge is 0.444 e. The molecule has 2 rings (SSSR count). The first-order valence-corrected chi connectivity index (χ1v) is 6.89. The zero-order valence-corrected chi connectivity index (χ0v) is 12.8. The summed E-state index contributed by atoms with van der Waals surface area (Å²) in [6.45, 7) is 11.5. The molecular formula is C14H23N3O3. The van der Waals surface area contributed by atoms with Gasteiger partial charge in [-0.25, -0.2) is 4.79 Å². The van der Waals surface area contributed by atoms with Crippen LogP contribution in [0.5, 0.6) is 0 Å². The number of hydrogen-bond acceptors (Lipinski definition) is 5. The quantitative estimate of drug-likeness (QED) is 0.918. The number of aryl methyl sites for hydroxylation is 2. The maximum absolute atomic E-state index is 11.8. The van der Waals surface area contributed by atoms with E-state index in [-0.39, 0.29) is 6.09 Å². The topological polar surface area (TPSA) is 67.6 Å². The minimum Gasteiger partial charge on any atom is -0.444 e. The Morgan fingerprint density at radius 3 is 2.60 bits per heavy atom. The number of aromatic nitrogens is 1. The normalized spacial score (nSPS) is 16.1. The Morgan fingerprint density at radius 2 is 2.10 bits per heavy atom. The predicted octanol–water partition coefficient (Wildman–Crippen LogP) is 2.00. The van der Waals surface area contributed by atoms with E-state index in [1.807, 2.05) is 34.6 Å². The molecule has 0 atom stereocenters. The van der Waals surface area contributed by atoms with Crippen molar-refractivity contribution in [1.29, 1.82) is 0 Å². The van der Waals surface area contributed by atoms with Crippen LogP contribution in [0.3, 0.4) is 0 Å². The Hall–Kier alpha value is -1.56. The Bertz CT molecular complexity index is 465. The van der Waals surface area contributed by atoms with Crippen LogP contribution in [0.15, 0.2) is 4.52 Å². The number of amides is 1. The summed E-state index contributed by atoms with van der Waals surface area (Å²) in [6, 6.07) is 0.302.